The molecule has 0 bridgehead atoms. The second-order valence-corrected chi connectivity index (χ2v) is 11.6. The van der Waals surface area contributed by atoms with Gasteiger partial charge in [-0.05, 0) is 25.0 Å². The predicted molar refractivity (Wildman–Crippen MR) is 161 cm³/mol. The zero-order valence-electron chi connectivity index (χ0n) is 24.0. The number of carbonyl (C=O) groups excluding carboxylic acids is 1. The van der Waals surface area contributed by atoms with Gasteiger partial charge in [-0.15, -0.1) is 0 Å². The van der Waals surface area contributed by atoms with Crippen LogP contribution in [0.5, 0.6) is 0 Å². The van der Waals surface area contributed by atoms with E-state index in [1.807, 2.05) is 65.2 Å². The summed E-state index contributed by atoms with van der Waals surface area (Å²) in [5.74, 6) is -0.419. The summed E-state index contributed by atoms with van der Waals surface area (Å²) in [6.45, 7) is 6.83. The number of hydrogen-bond donors (Lipinski definition) is 2. The van der Waals surface area contributed by atoms with Gasteiger partial charge in [0.15, 0.2) is 23.4 Å². The maximum absolute atomic E-state index is 13.2. The maximum atomic E-state index is 13.2. The number of ether oxygens (including phenoxy) is 2. The Morgan fingerprint density at radius 2 is 1.74 bits per heavy atom. The van der Waals surface area contributed by atoms with Crippen molar-refractivity contribution in [1.82, 2.24) is 29.5 Å². The van der Waals surface area contributed by atoms with E-state index in [-0.39, 0.29) is 11.7 Å². The molecule has 0 saturated heterocycles. The average Bonchev–Trinajstić information content (AvgIpc) is 3.41. The zero-order chi connectivity index (χ0) is 29.7. The molecule has 2 atom stereocenters. The number of aromatic nitrogens is 4. The molecule has 2 heterocycles. The van der Waals surface area contributed by atoms with Gasteiger partial charge in [-0.1, -0.05) is 70.3 Å². The van der Waals surface area contributed by atoms with E-state index < -0.39 is 20.0 Å². The Morgan fingerprint density at radius 1 is 1.02 bits per heavy atom. The van der Waals surface area contributed by atoms with Crippen molar-refractivity contribution in [2.45, 2.75) is 45.6 Å². The summed E-state index contributed by atoms with van der Waals surface area (Å²) in [7, 11) is -1.91. The van der Waals surface area contributed by atoms with Crippen molar-refractivity contribution in [3.8, 4) is 0 Å². The van der Waals surface area contributed by atoms with Gasteiger partial charge in [-0.25, -0.2) is 9.97 Å². The lowest BCUT2D eigenvalue weighted by molar-refractivity contribution is -0.149. The zero-order valence-corrected chi connectivity index (χ0v) is 24.9. The van der Waals surface area contributed by atoms with E-state index >= 15 is 0 Å². The molecule has 1 unspecified atom stereocenters. The highest BCUT2D eigenvalue weighted by Crippen LogP contribution is 2.19. The van der Waals surface area contributed by atoms with Crippen molar-refractivity contribution in [2.24, 2.45) is 0 Å². The summed E-state index contributed by atoms with van der Waals surface area (Å²) in [6, 6.07) is 18.8. The van der Waals surface area contributed by atoms with E-state index in [1.54, 1.807) is 20.2 Å². The van der Waals surface area contributed by atoms with Crippen molar-refractivity contribution in [3.05, 3.63) is 94.8 Å². The quantitative estimate of drug-likeness (QED) is 0.107. The van der Waals surface area contributed by atoms with Crippen LogP contribution in [0.25, 0.3) is 11.2 Å². The van der Waals surface area contributed by atoms with Crippen LogP contribution in [0, 0.1) is 0 Å². The van der Waals surface area contributed by atoms with Crippen LogP contribution in [0.3, 0.4) is 0 Å². The van der Waals surface area contributed by atoms with Gasteiger partial charge < -0.3 is 19.0 Å². The van der Waals surface area contributed by atoms with E-state index in [1.165, 1.54) is 6.33 Å². The molecule has 0 spiro atoms. The number of esters is 1. The largest absolute Gasteiger partial charge is 0.462 e. The van der Waals surface area contributed by atoms with Crippen LogP contribution in [0.4, 0.5) is 0 Å². The number of carbonyl (C=O) groups is 1. The maximum Gasteiger partial charge on any atom is 0.434 e. The van der Waals surface area contributed by atoms with Crippen LogP contribution < -0.4 is 10.6 Å². The summed E-state index contributed by atoms with van der Waals surface area (Å²) >= 11 is 0. The van der Waals surface area contributed by atoms with Gasteiger partial charge in [-0.2, -0.15) is 0 Å². The van der Waals surface area contributed by atoms with Gasteiger partial charge in [0.25, 0.3) is 5.56 Å². The Morgan fingerprint density at radius 3 is 2.45 bits per heavy atom. The van der Waals surface area contributed by atoms with Crippen LogP contribution in [-0.4, -0.2) is 74.9 Å². The van der Waals surface area contributed by atoms with E-state index in [0.717, 1.165) is 11.1 Å². The standard InChI is InChI=1S/C30H37N6O5P/c1-23(2)41-30(38)26(19-24-9-5-3-6-10-24)34-42(39)18-16-35(15-17-40-20-25-11-7-4-8-12-25)13-14-36-22-33-27-28(36)31-21-32-29(27)37/h3-12,21-23,26H,13-20H2,1-2H3,(H-,31,32,34,37,39)/p+1/t26-/m0/s1. The Labute approximate surface area is 246 Å². The number of fused-ring (bicyclic) bond motifs is 1. The fourth-order valence-electron chi connectivity index (χ4n) is 4.41. The second kappa shape index (κ2) is 16.0. The van der Waals surface area contributed by atoms with Crippen molar-refractivity contribution in [2.75, 3.05) is 32.4 Å². The summed E-state index contributed by atoms with van der Waals surface area (Å²) < 4.78 is 26.4. The van der Waals surface area contributed by atoms with E-state index in [4.69, 9.17) is 9.47 Å². The van der Waals surface area contributed by atoms with Crippen molar-refractivity contribution in [1.29, 1.82) is 0 Å². The van der Waals surface area contributed by atoms with E-state index in [2.05, 4.69) is 24.9 Å². The number of nitrogens with one attached hydrogen (secondary N) is 2. The highest BCUT2D eigenvalue weighted by molar-refractivity contribution is 7.42. The Kier molecular flexibility index (Phi) is 11.9. The number of rotatable bonds is 17. The fraction of sp³-hybridized carbons (Fsp3) is 0.400. The Bertz CT molecular complexity index is 1480. The van der Waals surface area contributed by atoms with Crippen LogP contribution >= 0.6 is 7.95 Å². The van der Waals surface area contributed by atoms with Gasteiger partial charge in [0.05, 0.1) is 32.0 Å². The normalized spacial score (nSPS) is 12.6. The summed E-state index contributed by atoms with van der Waals surface area (Å²) in [5, 5.41) is 3.03. The van der Waals surface area contributed by atoms with E-state index in [9.17, 15) is 14.2 Å². The lowest BCUT2D eigenvalue weighted by atomic mass is 10.1. The third-order valence-electron chi connectivity index (χ3n) is 6.57. The fourth-order valence-corrected chi connectivity index (χ4v) is 5.55. The molecule has 4 rings (SSSR count). The van der Waals surface area contributed by atoms with Gasteiger partial charge in [0.2, 0.25) is 0 Å². The minimum atomic E-state index is -1.91. The Balaban J connectivity index is 1.36. The number of imidazole rings is 1. The summed E-state index contributed by atoms with van der Waals surface area (Å²) in [4.78, 5) is 38.0. The van der Waals surface area contributed by atoms with Crippen LogP contribution in [-0.2, 0) is 38.4 Å². The lowest BCUT2D eigenvalue weighted by Crippen LogP contribution is -2.38. The third kappa shape index (κ3) is 9.66. The van der Waals surface area contributed by atoms with Crippen molar-refractivity contribution in [3.63, 3.8) is 0 Å². The molecule has 4 aromatic rings. The molecule has 0 fully saturated rings. The molecule has 12 heteroatoms. The second-order valence-electron chi connectivity index (χ2n) is 10.2. The molecule has 2 aromatic heterocycles. The summed E-state index contributed by atoms with van der Waals surface area (Å²) in [6.07, 6.45) is 3.41. The van der Waals surface area contributed by atoms with Gasteiger partial charge in [-0.3, -0.25) is 14.5 Å². The number of nitrogens with zero attached hydrogens (tertiary/aromatic N) is 4. The lowest BCUT2D eigenvalue weighted by Gasteiger charge is -2.21. The van der Waals surface area contributed by atoms with Crippen LogP contribution in [0.15, 0.2) is 78.1 Å². The van der Waals surface area contributed by atoms with Crippen molar-refractivity contribution < 1.29 is 18.8 Å². The first-order chi connectivity index (χ1) is 20.4. The molecule has 0 aliphatic carbocycles. The molecule has 0 saturated carbocycles. The molecule has 0 aliphatic heterocycles. The molecule has 0 amide bonds. The number of aromatic amines is 1. The smallest absolute Gasteiger partial charge is 0.434 e. The first-order valence-corrected chi connectivity index (χ1v) is 15.5. The predicted octanol–water partition coefficient (Wildman–Crippen LogP) is 3.53. The highest BCUT2D eigenvalue weighted by atomic mass is 31.1. The molecule has 2 aromatic carbocycles. The first-order valence-electron chi connectivity index (χ1n) is 14.1. The van der Waals surface area contributed by atoms with Crippen LogP contribution in [0.1, 0.15) is 25.0 Å². The molecule has 222 valence electrons. The molecular formula is C30H38N6O5P+. The minimum absolute atomic E-state index is 0.272. The Hall–Kier alpha value is -3.76. The van der Waals surface area contributed by atoms with Crippen LogP contribution in [0.2, 0.25) is 0 Å². The van der Waals surface area contributed by atoms with E-state index in [0.29, 0.717) is 63.1 Å². The molecule has 11 nitrogen and oxygen atoms in total. The number of benzene rings is 2. The summed E-state index contributed by atoms with van der Waals surface area (Å²) in [5.41, 5.74) is 2.57. The monoisotopic (exact) mass is 593 g/mol. The molecule has 2 N–H and O–H groups in total. The van der Waals surface area contributed by atoms with Gasteiger partial charge in [0.1, 0.15) is 0 Å². The average molecular weight is 594 g/mol. The first kappa shape index (κ1) is 31.2. The van der Waals surface area contributed by atoms with Gasteiger partial charge in [0, 0.05) is 32.6 Å². The molecule has 42 heavy (non-hydrogen) atoms. The number of hydrogen-bond acceptors (Lipinski definition) is 8. The number of H-pyrrole nitrogens is 1. The molecule has 0 radical (unpaired) electrons. The van der Waals surface area contributed by atoms with Crippen molar-refractivity contribution >= 4 is 25.1 Å². The highest BCUT2D eigenvalue weighted by Gasteiger charge is 2.30. The molecular weight excluding hydrogens is 555 g/mol. The molecule has 0 aliphatic rings. The third-order valence-corrected chi connectivity index (χ3v) is 7.77. The van der Waals surface area contributed by atoms with Gasteiger partial charge >= 0.3 is 13.9 Å². The topological polar surface area (TPSA) is 131 Å². The minimum Gasteiger partial charge on any atom is -0.462 e. The SMILES string of the molecule is CC(C)OC(=O)[C@H](Cc1ccccc1)N[P+](=O)CCN(CCOCc1ccccc1)CCn1cnc2c(=O)[nH]cnc21.